The van der Waals surface area contributed by atoms with Gasteiger partial charge in [0.2, 0.25) is 0 Å². The molecular formula is C7H6N2OS2. The van der Waals surface area contributed by atoms with Gasteiger partial charge in [0.15, 0.2) is 15.1 Å². The fourth-order valence-corrected chi connectivity index (χ4v) is 2.03. The van der Waals surface area contributed by atoms with E-state index in [2.05, 4.69) is 10.2 Å². The minimum Gasteiger partial charge on any atom is -0.462 e. The number of hydrogen-bond acceptors (Lipinski definition) is 5. The zero-order valence-electron chi connectivity index (χ0n) is 6.35. The van der Waals surface area contributed by atoms with Crippen LogP contribution in [0.3, 0.4) is 0 Å². The van der Waals surface area contributed by atoms with Crippen molar-refractivity contribution in [2.75, 3.05) is 6.26 Å². The van der Waals surface area contributed by atoms with Crippen molar-refractivity contribution in [3.05, 3.63) is 18.4 Å². The molecule has 0 aliphatic rings. The summed E-state index contributed by atoms with van der Waals surface area (Å²) in [5.74, 6) is 0.785. The van der Waals surface area contributed by atoms with Crippen molar-refractivity contribution in [2.24, 2.45) is 0 Å². The first kappa shape index (κ1) is 7.82. The molecule has 0 aliphatic carbocycles. The molecule has 3 nitrogen and oxygen atoms in total. The Labute approximate surface area is 77.8 Å². The van der Waals surface area contributed by atoms with Gasteiger partial charge in [-0.05, 0) is 18.4 Å². The lowest BCUT2D eigenvalue weighted by Crippen LogP contribution is -1.71. The van der Waals surface area contributed by atoms with E-state index in [9.17, 15) is 0 Å². The van der Waals surface area contributed by atoms with Crippen LogP contribution in [-0.4, -0.2) is 16.5 Å². The molecule has 0 N–H and O–H groups in total. The number of rotatable bonds is 2. The predicted molar refractivity (Wildman–Crippen MR) is 49.4 cm³/mol. The molecular weight excluding hydrogens is 192 g/mol. The quantitative estimate of drug-likeness (QED) is 0.695. The maximum Gasteiger partial charge on any atom is 0.184 e. The van der Waals surface area contributed by atoms with Gasteiger partial charge in [-0.1, -0.05) is 23.1 Å². The number of nitrogens with zero attached hydrogens (tertiary/aromatic N) is 2. The van der Waals surface area contributed by atoms with Gasteiger partial charge < -0.3 is 4.42 Å². The second-order valence-corrected chi connectivity index (χ2v) is 4.09. The van der Waals surface area contributed by atoms with Crippen LogP contribution in [0.2, 0.25) is 0 Å². The number of aromatic nitrogens is 2. The Balaban J connectivity index is 2.35. The molecule has 0 spiro atoms. The molecule has 5 heteroatoms. The topological polar surface area (TPSA) is 38.9 Å². The van der Waals surface area contributed by atoms with Crippen LogP contribution >= 0.6 is 23.1 Å². The first-order valence-electron chi connectivity index (χ1n) is 3.31. The van der Waals surface area contributed by atoms with Crippen LogP contribution in [0, 0.1) is 0 Å². The predicted octanol–water partition coefficient (Wildman–Crippen LogP) is 2.52. The van der Waals surface area contributed by atoms with Crippen LogP contribution in [-0.2, 0) is 0 Å². The Kier molecular flexibility index (Phi) is 2.14. The second-order valence-electron chi connectivity index (χ2n) is 2.05. The fraction of sp³-hybridized carbons (Fsp3) is 0.143. The highest BCUT2D eigenvalue weighted by atomic mass is 32.2. The van der Waals surface area contributed by atoms with Gasteiger partial charge in [-0.3, -0.25) is 0 Å². The minimum atomic E-state index is 0.785. The normalized spacial score (nSPS) is 10.4. The third-order valence-electron chi connectivity index (χ3n) is 1.31. The van der Waals surface area contributed by atoms with Crippen molar-refractivity contribution < 1.29 is 4.42 Å². The Morgan fingerprint density at radius 3 is 3.00 bits per heavy atom. The number of hydrogen-bond donors (Lipinski definition) is 0. The second kappa shape index (κ2) is 3.28. The Hall–Kier alpha value is -0.810. The van der Waals surface area contributed by atoms with Crippen molar-refractivity contribution in [1.29, 1.82) is 0 Å². The molecule has 2 heterocycles. The summed E-state index contributed by atoms with van der Waals surface area (Å²) in [5.41, 5.74) is 0. The van der Waals surface area contributed by atoms with Gasteiger partial charge in [0, 0.05) is 0 Å². The van der Waals surface area contributed by atoms with E-state index in [1.807, 2.05) is 18.4 Å². The smallest absolute Gasteiger partial charge is 0.184 e. The maximum absolute atomic E-state index is 5.18. The molecule has 12 heavy (non-hydrogen) atoms. The van der Waals surface area contributed by atoms with Crippen molar-refractivity contribution in [1.82, 2.24) is 10.2 Å². The molecule has 0 atom stereocenters. The average molecular weight is 198 g/mol. The van der Waals surface area contributed by atoms with E-state index in [1.165, 1.54) is 11.3 Å². The van der Waals surface area contributed by atoms with Gasteiger partial charge in [0.25, 0.3) is 0 Å². The highest BCUT2D eigenvalue weighted by molar-refractivity contribution is 8.00. The molecule has 2 rings (SSSR count). The number of furan rings is 1. The van der Waals surface area contributed by atoms with E-state index in [0.717, 1.165) is 15.1 Å². The lowest BCUT2D eigenvalue weighted by Gasteiger charge is -1.83. The van der Waals surface area contributed by atoms with Crippen LogP contribution in [0.4, 0.5) is 0 Å². The first-order chi connectivity index (χ1) is 5.90. The van der Waals surface area contributed by atoms with Crippen LogP contribution in [0.5, 0.6) is 0 Å². The Morgan fingerprint density at radius 1 is 1.50 bits per heavy atom. The SMILES string of the molecule is CSc1nnc(-c2ccco2)s1. The summed E-state index contributed by atoms with van der Waals surface area (Å²) in [6.07, 6.45) is 3.61. The highest BCUT2D eigenvalue weighted by Crippen LogP contribution is 2.27. The highest BCUT2D eigenvalue weighted by Gasteiger charge is 2.06. The molecule has 0 saturated carbocycles. The van der Waals surface area contributed by atoms with Crippen molar-refractivity contribution in [3.8, 4) is 10.8 Å². The van der Waals surface area contributed by atoms with E-state index in [4.69, 9.17) is 4.42 Å². The Bertz CT molecular complexity index is 355. The first-order valence-corrected chi connectivity index (χ1v) is 5.35. The van der Waals surface area contributed by atoms with Gasteiger partial charge in [0.05, 0.1) is 6.26 Å². The summed E-state index contributed by atoms with van der Waals surface area (Å²) in [4.78, 5) is 0. The standard InChI is InChI=1S/C7H6N2OS2/c1-11-7-9-8-6(12-7)5-3-2-4-10-5/h2-4H,1H3. The minimum absolute atomic E-state index is 0.785. The van der Waals surface area contributed by atoms with Crippen LogP contribution in [0.1, 0.15) is 0 Å². The van der Waals surface area contributed by atoms with Crippen molar-refractivity contribution >= 4 is 23.1 Å². The third kappa shape index (κ3) is 1.37. The summed E-state index contributed by atoms with van der Waals surface area (Å²) in [6.45, 7) is 0. The number of thioether (sulfide) groups is 1. The molecule has 0 aliphatic heterocycles. The molecule has 0 unspecified atom stereocenters. The van der Waals surface area contributed by atoms with Crippen molar-refractivity contribution in [2.45, 2.75) is 4.34 Å². The van der Waals surface area contributed by atoms with Crippen LogP contribution in [0.15, 0.2) is 27.2 Å². The largest absolute Gasteiger partial charge is 0.462 e. The van der Waals surface area contributed by atoms with Gasteiger partial charge >= 0.3 is 0 Å². The zero-order chi connectivity index (χ0) is 8.39. The summed E-state index contributed by atoms with van der Waals surface area (Å²) in [7, 11) is 0. The third-order valence-corrected chi connectivity index (χ3v) is 3.23. The fourth-order valence-electron chi connectivity index (χ4n) is 0.792. The van der Waals surface area contributed by atoms with Gasteiger partial charge in [-0.15, -0.1) is 10.2 Å². The lowest BCUT2D eigenvalue weighted by molar-refractivity contribution is 0.581. The van der Waals surface area contributed by atoms with E-state index in [-0.39, 0.29) is 0 Å². The van der Waals surface area contributed by atoms with Gasteiger partial charge in [0.1, 0.15) is 0 Å². The van der Waals surface area contributed by atoms with Crippen molar-refractivity contribution in [3.63, 3.8) is 0 Å². The van der Waals surface area contributed by atoms with Crippen LogP contribution in [0.25, 0.3) is 10.8 Å². The van der Waals surface area contributed by atoms with Gasteiger partial charge in [-0.2, -0.15) is 0 Å². The van der Waals surface area contributed by atoms with Gasteiger partial charge in [-0.25, -0.2) is 0 Å². The summed E-state index contributed by atoms with van der Waals surface area (Å²) >= 11 is 3.13. The molecule has 0 bridgehead atoms. The molecule has 2 aromatic rings. The molecule has 0 fully saturated rings. The molecule has 0 saturated heterocycles. The van der Waals surface area contributed by atoms with Crippen LogP contribution < -0.4 is 0 Å². The molecule has 0 amide bonds. The van der Waals surface area contributed by atoms with E-state index in [1.54, 1.807) is 18.0 Å². The average Bonchev–Trinajstić information content (AvgIpc) is 2.75. The summed E-state index contributed by atoms with van der Waals surface area (Å²) < 4.78 is 6.14. The van der Waals surface area contributed by atoms with E-state index in [0.29, 0.717) is 0 Å². The van der Waals surface area contributed by atoms with E-state index >= 15 is 0 Å². The lowest BCUT2D eigenvalue weighted by atomic mass is 10.5. The maximum atomic E-state index is 5.18. The molecule has 0 aromatic carbocycles. The molecule has 0 radical (unpaired) electrons. The molecule has 62 valence electrons. The zero-order valence-corrected chi connectivity index (χ0v) is 7.98. The van der Waals surface area contributed by atoms with E-state index < -0.39 is 0 Å². The Morgan fingerprint density at radius 2 is 2.42 bits per heavy atom. The molecule has 2 aromatic heterocycles. The summed E-state index contributed by atoms with van der Waals surface area (Å²) in [5, 5.41) is 8.78. The monoisotopic (exact) mass is 198 g/mol. The summed E-state index contributed by atoms with van der Waals surface area (Å²) in [6, 6.07) is 3.72.